The number of rotatable bonds is 3. The van der Waals surface area contributed by atoms with Crippen molar-refractivity contribution in [2.45, 2.75) is 17.6 Å². The van der Waals surface area contributed by atoms with Gasteiger partial charge in [-0.1, -0.05) is 35.3 Å². The van der Waals surface area contributed by atoms with Gasteiger partial charge in [-0.25, -0.2) is 0 Å². The fraction of sp³-hybridized carbons (Fsp3) is 0.143. The molecule has 0 saturated carbocycles. The van der Waals surface area contributed by atoms with Gasteiger partial charge in [0, 0.05) is 15.7 Å². The smallest absolute Gasteiger partial charge is 0.0621 e. The Bertz CT molecular complexity index is 643. The lowest BCUT2D eigenvalue weighted by atomic mass is 10.2. The predicted octanol–water partition coefficient (Wildman–Crippen LogP) is 4.19. The number of nitrogen functional groups attached to an aromatic ring is 1. The molecule has 2 N–H and O–H groups in total. The van der Waals surface area contributed by atoms with Crippen molar-refractivity contribution >= 4 is 39.7 Å². The third kappa shape index (κ3) is 3.50. The average molecular weight is 314 g/mol. The molecule has 0 aliphatic rings. The molecule has 2 nitrogen and oxygen atoms in total. The summed E-state index contributed by atoms with van der Waals surface area (Å²) in [5.74, 6) is 0.323. The van der Waals surface area contributed by atoms with Crippen LogP contribution < -0.4 is 5.73 Å². The Labute approximate surface area is 125 Å². The molecule has 0 fully saturated rings. The van der Waals surface area contributed by atoms with Crippen LogP contribution in [0.3, 0.4) is 0 Å². The molecule has 0 aliphatic heterocycles. The number of benzene rings is 2. The second kappa shape index (κ2) is 5.95. The van der Waals surface area contributed by atoms with Crippen LogP contribution in [0, 0.1) is 6.92 Å². The molecule has 2 rings (SSSR count). The first-order chi connectivity index (χ1) is 8.97. The summed E-state index contributed by atoms with van der Waals surface area (Å²) in [6.45, 7) is 1.94. The van der Waals surface area contributed by atoms with Gasteiger partial charge in [0.05, 0.1) is 21.4 Å². The summed E-state index contributed by atoms with van der Waals surface area (Å²) < 4.78 is 12.3. The zero-order valence-corrected chi connectivity index (χ0v) is 12.6. The van der Waals surface area contributed by atoms with Gasteiger partial charge in [0.2, 0.25) is 0 Å². The molecular formula is C14H13Cl2NOS. The highest BCUT2D eigenvalue weighted by atomic mass is 35.5. The minimum absolute atomic E-state index is 0.323. The summed E-state index contributed by atoms with van der Waals surface area (Å²) in [7, 11) is -1.22. The van der Waals surface area contributed by atoms with E-state index in [4.69, 9.17) is 28.9 Å². The lowest BCUT2D eigenvalue weighted by Crippen LogP contribution is -2.01. The van der Waals surface area contributed by atoms with Crippen molar-refractivity contribution in [3.63, 3.8) is 0 Å². The van der Waals surface area contributed by atoms with Gasteiger partial charge in [-0.3, -0.25) is 4.21 Å². The summed E-state index contributed by atoms with van der Waals surface area (Å²) in [5.41, 5.74) is 8.28. The van der Waals surface area contributed by atoms with Crippen molar-refractivity contribution in [2.24, 2.45) is 0 Å². The van der Waals surface area contributed by atoms with Crippen LogP contribution in [0.25, 0.3) is 0 Å². The van der Waals surface area contributed by atoms with Crippen molar-refractivity contribution in [3.05, 3.63) is 57.6 Å². The molecule has 0 amide bonds. The monoisotopic (exact) mass is 313 g/mol. The molecule has 0 aliphatic carbocycles. The van der Waals surface area contributed by atoms with E-state index in [9.17, 15) is 4.21 Å². The Balaban J connectivity index is 2.25. The lowest BCUT2D eigenvalue weighted by molar-refractivity contribution is 0.683. The van der Waals surface area contributed by atoms with E-state index in [0.29, 0.717) is 26.4 Å². The maximum Gasteiger partial charge on any atom is 0.0621 e. The van der Waals surface area contributed by atoms with Crippen molar-refractivity contribution in [1.29, 1.82) is 0 Å². The Morgan fingerprint density at radius 1 is 1.16 bits per heavy atom. The standard InChI is InChI=1S/C14H13Cl2NOS/c1-9-2-5-14(13(17)6-9)19(18)8-10-3-4-11(15)7-12(10)16/h2-7H,8,17H2,1H3. The Morgan fingerprint density at radius 3 is 2.53 bits per heavy atom. The van der Waals surface area contributed by atoms with E-state index in [1.807, 2.05) is 19.1 Å². The summed E-state index contributed by atoms with van der Waals surface area (Å²) >= 11 is 11.9. The van der Waals surface area contributed by atoms with E-state index >= 15 is 0 Å². The van der Waals surface area contributed by atoms with Crippen molar-refractivity contribution in [2.75, 3.05) is 5.73 Å². The molecule has 19 heavy (non-hydrogen) atoms. The van der Waals surface area contributed by atoms with Gasteiger partial charge >= 0.3 is 0 Å². The molecule has 2 aromatic rings. The second-order valence-electron chi connectivity index (χ2n) is 4.27. The zero-order chi connectivity index (χ0) is 14.0. The largest absolute Gasteiger partial charge is 0.398 e. The molecule has 1 unspecified atom stereocenters. The van der Waals surface area contributed by atoms with Gasteiger partial charge in [-0.15, -0.1) is 0 Å². The van der Waals surface area contributed by atoms with Gasteiger partial charge in [0.15, 0.2) is 0 Å². The second-order valence-corrected chi connectivity index (χ2v) is 6.53. The minimum Gasteiger partial charge on any atom is -0.398 e. The first kappa shape index (κ1) is 14.4. The number of halogens is 2. The maximum atomic E-state index is 12.3. The Morgan fingerprint density at radius 2 is 1.89 bits per heavy atom. The SMILES string of the molecule is Cc1ccc(S(=O)Cc2ccc(Cl)cc2Cl)c(N)c1. The summed E-state index contributed by atoms with van der Waals surface area (Å²) in [4.78, 5) is 0.636. The maximum absolute atomic E-state index is 12.3. The zero-order valence-electron chi connectivity index (χ0n) is 10.3. The van der Waals surface area contributed by atoms with Crippen LogP contribution >= 0.6 is 23.2 Å². The van der Waals surface area contributed by atoms with Gasteiger partial charge in [0.1, 0.15) is 0 Å². The minimum atomic E-state index is -1.22. The van der Waals surface area contributed by atoms with Crippen LogP contribution in [0.4, 0.5) is 5.69 Å². The molecule has 1 atom stereocenters. The summed E-state index contributed by atoms with van der Waals surface area (Å²) in [6, 6.07) is 10.7. The van der Waals surface area contributed by atoms with E-state index in [-0.39, 0.29) is 0 Å². The van der Waals surface area contributed by atoms with Crippen LogP contribution in [-0.2, 0) is 16.6 Å². The topological polar surface area (TPSA) is 43.1 Å². The molecule has 5 heteroatoms. The van der Waals surface area contributed by atoms with Crippen molar-refractivity contribution in [3.8, 4) is 0 Å². The Hall–Kier alpha value is -1.03. The van der Waals surface area contributed by atoms with Crippen LogP contribution in [0.2, 0.25) is 10.0 Å². The van der Waals surface area contributed by atoms with Gasteiger partial charge in [0.25, 0.3) is 0 Å². The molecule has 0 aromatic heterocycles. The Kier molecular flexibility index (Phi) is 4.50. The van der Waals surface area contributed by atoms with E-state index in [1.165, 1.54) is 0 Å². The van der Waals surface area contributed by atoms with Crippen LogP contribution in [0.15, 0.2) is 41.3 Å². The number of aryl methyl sites for hydroxylation is 1. The summed E-state index contributed by atoms with van der Waals surface area (Å²) in [6.07, 6.45) is 0. The van der Waals surface area contributed by atoms with Crippen LogP contribution in [-0.4, -0.2) is 4.21 Å². The molecule has 0 bridgehead atoms. The first-order valence-corrected chi connectivity index (χ1v) is 7.73. The molecular weight excluding hydrogens is 301 g/mol. The number of hydrogen-bond donors (Lipinski definition) is 1. The van der Waals surface area contributed by atoms with Crippen LogP contribution in [0.5, 0.6) is 0 Å². The third-order valence-corrected chi connectivity index (χ3v) is 4.73. The fourth-order valence-electron chi connectivity index (χ4n) is 1.73. The molecule has 0 saturated heterocycles. The third-order valence-electron chi connectivity index (χ3n) is 2.71. The number of anilines is 1. The molecule has 0 spiro atoms. The average Bonchev–Trinajstić information content (AvgIpc) is 2.32. The summed E-state index contributed by atoms with van der Waals surface area (Å²) in [5, 5.41) is 1.08. The van der Waals surface area contributed by atoms with Crippen molar-refractivity contribution < 1.29 is 4.21 Å². The number of nitrogens with two attached hydrogens (primary N) is 1. The first-order valence-electron chi connectivity index (χ1n) is 5.66. The predicted molar refractivity (Wildman–Crippen MR) is 82.2 cm³/mol. The van der Waals surface area contributed by atoms with E-state index in [0.717, 1.165) is 11.1 Å². The van der Waals surface area contributed by atoms with E-state index < -0.39 is 10.8 Å². The highest BCUT2D eigenvalue weighted by Crippen LogP contribution is 2.25. The normalized spacial score (nSPS) is 12.4. The molecule has 0 heterocycles. The van der Waals surface area contributed by atoms with Gasteiger partial charge < -0.3 is 5.73 Å². The van der Waals surface area contributed by atoms with E-state index in [2.05, 4.69) is 0 Å². The highest BCUT2D eigenvalue weighted by molar-refractivity contribution is 7.84. The molecule has 100 valence electrons. The highest BCUT2D eigenvalue weighted by Gasteiger charge is 2.11. The van der Waals surface area contributed by atoms with E-state index in [1.54, 1.807) is 24.3 Å². The van der Waals surface area contributed by atoms with Gasteiger partial charge in [-0.2, -0.15) is 0 Å². The molecule has 0 radical (unpaired) electrons. The quantitative estimate of drug-likeness (QED) is 0.863. The van der Waals surface area contributed by atoms with Crippen LogP contribution in [0.1, 0.15) is 11.1 Å². The number of hydrogen-bond acceptors (Lipinski definition) is 2. The lowest BCUT2D eigenvalue weighted by Gasteiger charge is -2.08. The van der Waals surface area contributed by atoms with Crippen molar-refractivity contribution in [1.82, 2.24) is 0 Å². The molecule has 2 aromatic carbocycles. The fourth-order valence-corrected chi connectivity index (χ4v) is 3.52. The van der Waals surface area contributed by atoms with Gasteiger partial charge in [-0.05, 0) is 42.3 Å².